The molecule has 7 nitrogen and oxygen atoms in total. The van der Waals surface area contributed by atoms with Gasteiger partial charge in [-0.2, -0.15) is 0 Å². The maximum absolute atomic E-state index is 12.6. The molecule has 26 heavy (non-hydrogen) atoms. The number of nitrogens with zero attached hydrogens (tertiary/aromatic N) is 4. The molecule has 1 saturated heterocycles. The Balaban J connectivity index is 1.76. The van der Waals surface area contributed by atoms with Gasteiger partial charge in [-0.15, -0.1) is 0 Å². The Morgan fingerprint density at radius 1 is 1.23 bits per heavy atom. The van der Waals surface area contributed by atoms with E-state index in [1.54, 1.807) is 24.2 Å². The van der Waals surface area contributed by atoms with Crippen molar-refractivity contribution in [2.24, 2.45) is 7.05 Å². The van der Waals surface area contributed by atoms with E-state index >= 15 is 0 Å². The first-order valence-corrected chi connectivity index (χ1v) is 8.72. The van der Waals surface area contributed by atoms with Gasteiger partial charge in [-0.1, -0.05) is 19.1 Å². The monoisotopic (exact) mass is 352 g/mol. The maximum atomic E-state index is 12.6. The summed E-state index contributed by atoms with van der Waals surface area (Å²) in [5.74, 6) is 1.02. The molecule has 0 N–H and O–H groups in total. The van der Waals surface area contributed by atoms with Crippen molar-refractivity contribution in [3.8, 4) is 11.6 Å². The van der Waals surface area contributed by atoms with E-state index in [4.69, 9.17) is 4.74 Å². The fraction of sp³-hybridized carbons (Fsp3) is 0.316. The minimum Gasteiger partial charge on any atom is -0.439 e. The van der Waals surface area contributed by atoms with Gasteiger partial charge in [0.1, 0.15) is 5.75 Å². The van der Waals surface area contributed by atoms with Crippen LogP contribution in [0.2, 0.25) is 0 Å². The number of carbonyl (C=O) groups is 1. The summed E-state index contributed by atoms with van der Waals surface area (Å²) in [5.41, 5.74) is 1.89. The largest absolute Gasteiger partial charge is 0.439 e. The van der Waals surface area contributed by atoms with Gasteiger partial charge in [0.05, 0.1) is 17.2 Å². The number of hydrogen-bond acceptors (Lipinski definition) is 4. The number of pyridine rings is 1. The summed E-state index contributed by atoms with van der Waals surface area (Å²) in [5, 5.41) is 0. The zero-order chi connectivity index (χ0) is 18.3. The third-order valence-corrected chi connectivity index (χ3v) is 4.76. The van der Waals surface area contributed by atoms with Crippen molar-refractivity contribution >= 4 is 17.1 Å². The second-order valence-electron chi connectivity index (χ2n) is 6.41. The lowest BCUT2D eigenvalue weighted by atomic mass is 10.2. The van der Waals surface area contributed by atoms with Gasteiger partial charge in [-0.3, -0.25) is 4.57 Å². The number of aromatic nitrogens is 3. The molecule has 1 aliphatic rings. The van der Waals surface area contributed by atoms with Crippen LogP contribution in [-0.4, -0.2) is 38.1 Å². The Morgan fingerprint density at radius 3 is 2.73 bits per heavy atom. The highest BCUT2D eigenvalue weighted by Gasteiger charge is 2.26. The lowest BCUT2D eigenvalue weighted by molar-refractivity contribution is 0.169. The standard InChI is InChI=1S/C19H20N4O3/c1-3-13-6-4-7-14(10-13)26-17-11-15-16(12-20-17)21(2)18(24)23(15)19(25)22-8-5-9-22/h4,6-7,10-12H,3,5,8-9H2,1-2H3. The van der Waals surface area contributed by atoms with Crippen LogP contribution in [0.25, 0.3) is 11.0 Å². The number of hydrogen-bond donors (Lipinski definition) is 0. The zero-order valence-corrected chi connectivity index (χ0v) is 14.8. The van der Waals surface area contributed by atoms with Crippen LogP contribution in [0.5, 0.6) is 11.6 Å². The molecule has 3 aromatic rings. The van der Waals surface area contributed by atoms with E-state index in [0.717, 1.165) is 18.4 Å². The van der Waals surface area contributed by atoms with Crippen molar-refractivity contribution in [2.45, 2.75) is 19.8 Å². The number of benzene rings is 1. The summed E-state index contributed by atoms with van der Waals surface area (Å²) in [6.45, 7) is 3.44. The van der Waals surface area contributed by atoms with Crippen molar-refractivity contribution in [1.82, 2.24) is 19.0 Å². The van der Waals surface area contributed by atoms with Crippen LogP contribution in [0.1, 0.15) is 18.9 Å². The Morgan fingerprint density at radius 2 is 2.04 bits per heavy atom. The molecule has 134 valence electrons. The number of amides is 1. The first-order valence-electron chi connectivity index (χ1n) is 8.72. The molecule has 3 heterocycles. The van der Waals surface area contributed by atoms with Crippen molar-refractivity contribution in [3.63, 3.8) is 0 Å². The highest BCUT2D eigenvalue weighted by molar-refractivity contribution is 5.89. The van der Waals surface area contributed by atoms with E-state index < -0.39 is 0 Å². The van der Waals surface area contributed by atoms with Crippen molar-refractivity contribution < 1.29 is 9.53 Å². The van der Waals surface area contributed by atoms with Crippen LogP contribution in [0.15, 0.2) is 41.3 Å². The van der Waals surface area contributed by atoms with Gasteiger partial charge in [-0.25, -0.2) is 19.1 Å². The number of aryl methyl sites for hydroxylation is 2. The Kier molecular flexibility index (Phi) is 3.99. The molecule has 1 aliphatic heterocycles. The summed E-state index contributed by atoms with van der Waals surface area (Å²) in [7, 11) is 1.64. The number of imidazole rings is 1. The van der Waals surface area contributed by atoms with E-state index in [9.17, 15) is 9.59 Å². The minimum atomic E-state index is -0.371. The Labute approximate surface area is 150 Å². The van der Waals surface area contributed by atoms with Gasteiger partial charge < -0.3 is 9.64 Å². The second kappa shape index (κ2) is 6.33. The van der Waals surface area contributed by atoms with E-state index in [1.807, 2.05) is 24.3 Å². The van der Waals surface area contributed by atoms with E-state index in [0.29, 0.717) is 35.8 Å². The quantitative estimate of drug-likeness (QED) is 0.727. The lowest BCUT2D eigenvalue weighted by Crippen LogP contribution is -2.47. The SMILES string of the molecule is CCc1cccc(Oc2cc3c(cn2)n(C)c(=O)n3C(=O)N2CCC2)c1. The molecule has 0 bridgehead atoms. The number of carbonyl (C=O) groups excluding carboxylic acids is 1. The third-order valence-electron chi connectivity index (χ3n) is 4.76. The third kappa shape index (κ3) is 2.65. The predicted molar refractivity (Wildman–Crippen MR) is 97.9 cm³/mol. The Hall–Kier alpha value is -3.09. The molecule has 4 rings (SSSR count). The molecule has 0 spiro atoms. The predicted octanol–water partition coefficient (Wildman–Crippen LogP) is 2.76. The number of ether oxygens (including phenoxy) is 1. The van der Waals surface area contributed by atoms with Crippen LogP contribution in [0.3, 0.4) is 0 Å². The summed E-state index contributed by atoms with van der Waals surface area (Å²) in [4.78, 5) is 31.1. The first-order chi connectivity index (χ1) is 12.6. The lowest BCUT2D eigenvalue weighted by Gasteiger charge is -2.30. The van der Waals surface area contributed by atoms with E-state index in [1.165, 1.54) is 9.13 Å². The Bertz CT molecular complexity index is 1050. The van der Waals surface area contributed by atoms with Crippen LogP contribution in [0.4, 0.5) is 4.79 Å². The van der Waals surface area contributed by atoms with Crippen molar-refractivity contribution in [2.75, 3.05) is 13.1 Å². The molecule has 1 fully saturated rings. The van der Waals surface area contributed by atoms with E-state index in [-0.39, 0.29) is 11.7 Å². The molecule has 0 aliphatic carbocycles. The van der Waals surface area contributed by atoms with Crippen molar-refractivity contribution in [1.29, 1.82) is 0 Å². The van der Waals surface area contributed by atoms with E-state index in [2.05, 4.69) is 11.9 Å². The fourth-order valence-electron chi connectivity index (χ4n) is 3.05. The summed E-state index contributed by atoms with van der Waals surface area (Å²) in [6, 6.07) is 9.12. The normalized spacial score (nSPS) is 13.7. The molecule has 1 aromatic carbocycles. The molecule has 7 heteroatoms. The highest BCUT2D eigenvalue weighted by atomic mass is 16.5. The van der Waals surface area contributed by atoms with Gasteiger partial charge in [0.25, 0.3) is 0 Å². The van der Waals surface area contributed by atoms with Gasteiger partial charge >= 0.3 is 11.7 Å². The second-order valence-corrected chi connectivity index (χ2v) is 6.41. The van der Waals surface area contributed by atoms with Gasteiger partial charge in [0, 0.05) is 26.2 Å². The van der Waals surface area contributed by atoms with Crippen molar-refractivity contribution in [3.05, 3.63) is 52.6 Å². The summed E-state index contributed by atoms with van der Waals surface area (Å²) < 4.78 is 8.48. The summed E-state index contributed by atoms with van der Waals surface area (Å²) >= 11 is 0. The van der Waals surface area contributed by atoms with Gasteiger partial charge in [0.2, 0.25) is 5.88 Å². The molecule has 1 amide bonds. The molecule has 0 atom stereocenters. The molecular weight excluding hydrogens is 332 g/mol. The smallest absolute Gasteiger partial charge is 0.337 e. The average molecular weight is 352 g/mol. The first kappa shape index (κ1) is 16.4. The number of fused-ring (bicyclic) bond motifs is 1. The summed E-state index contributed by atoms with van der Waals surface area (Å²) in [6.07, 6.45) is 3.44. The number of rotatable bonds is 3. The van der Waals surface area contributed by atoms with Crippen LogP contribution in [0, 0.1) is 0 Å². The fourth-order valence-corrected chi connectivity index (χ4v) is 3.05. The highest BCUT2D eigenvalue weighted by Crippen LogP contribution is 2.24. The minimum absolute atomic E-state index is 0.294. The number of likely N-dealkylation sites (tertiary alicyclic amines) is 1. The molecule has 0 saturated carbocycles. The van der Waals surface area contributed by atoms with Crippen LogP contribution in [-0.2, 0) is 13.5 Å². The van der Waals surface area contributed by atoms with Crippen LogP contribution >= 0.6 is 0 Å². The van der Waals surface area contributed by atoms with Crippen LogP contribution < -0.4 is 10.4 Å². The molecular formula is C19H20N4O3. The molecule has 0 radical (unpaired) electrons. The zero-order valence-electron chi connectivity index (χ0n) is 14.8. The van der Waals surface area contributed by atoms with Gasteiger partial charge in [0.15, 0.2) is 0 Å². The molecule has 0 unspecified atom stereocenters. The maximum Gasteiger partial charge on any atom is 0.337 e. The topological polar surface area (TPSA) is 69.4 Å². The molecule has 2 aromatic heterocycles. The van der Waals surface area contributed by atoms with Gasteiger partial charge in [-0.05, 0) is 30.5 Å². The average Bonchev–Trinajstić information content (AvgIpc) is 2.84.